The largest absolute Gasteiger partial charge is 0.256 e. The molecule has 1 unspecified atom stereocenters. The maximum atomic E-state index is 8.78. The fourth-order valence-electron chi connectivity index (χ4n) is 1.73. The van der Waals surface area contributed by atoms with Crippen molar-refractivity contribution < 1.29 is 0 Å². The molecule has 0 aromatic heterocycles. The topological polar surface area (TPSA) is 36.1 Å². The number of thiol groups is 1. The van der Waals surface area contributed by atoms with E-state index < -0.39 is 4.75 Å². The second-order valence-electron chi connectivity index (χ2n) is 3.41. The lowest BCUT2D eigenvalue weighted by atomic mass is 9.93. The van der Waals surface area contributed by atoms with Crippen LogP contribution in [0.4, 0.5) is 5.69 Å². The lowest BCUT2D eigenvalue weighted by molar-refractivity contribution is 0.868. The van der Waals surface area contributed by atoms with Crippen LogP contribution in [0.15, 0.2) is 29.3 Å². The molecule has 0 saturated carbocycles. The summed E-state index contributed by atoms with van der Waals surface area (Å²) >= 11 is 4.58. The predicted octanol–water partition coefficient (Wildman–Crippen LogP) is 2.83. The van der Waals surface area contributed by atoms with Crippen molar-refractivity contribution in [3.63, 3.8) is 0 Å². The van der Waals surface area contributed by atoms with Crippen molar-refractivity contribution in [1.29, 1.82) is 5.26 Å². The molecule has 2 nitrogen and oxygen atoms in total. The van der Waals surface area contributed by atoms with Gasteiger partial charge in [0.15, 0.2) is 0 Å². The third kappa shape index (κ3) is 1.15. The first-order valence-electron chi connectivity index (χ1n) is 4.43. The molecule has 3 heteroatoms. The molecule has 0 bridgehead atoms. The second kappa shape index (κ2) is 3.14. The highest BCUT2D eigenvalue weighted by Crippen LogP contribution is 2.44. The highest BCUT2D eigenvalue weighted by atomic mass is 32.1. The van der Waals surface area contributed by atoms with E-state index in [1.165, 1.54) is 0 Å². The Balaban J connectivity index is 2.57. The molecule has 1 aliphatic heterocycles. The third-order valence-electron chi connectivity index (χ3n) is 2.57. The van der Waals surface area contributed by atoms with Crippen LogP contribution in [0.25, 0.3) is 0 Å². The van der Waals surface area contributed by atoms with E-state index in [1.807, 2.05) is 31.2 Å². The summed E-state index contributed by atoms with van der Waals surface area (Å²) in [5.74, 6) is 0. The zero-order chi connectivity index (χ0) is 10.2. The van der Waals surface area contributed by atoms with Crippen LogP contribution in [0.5, 0.6) is 0 Å². The van der Waals surface area contributed by atoms with Gasteiger partial charge in [-0.15, -0.1) is 0 Å². The zero-order valence-corrected chi connectivity index (χ0v) is 8.75. The van der Waals surface area contributed by atoms with E-state index >= 15 is 0 Å². The molecule has 14 heavy (non-hydrogen) atoms. The average molecular weight is 202 g/mol. The van der Waals surface area contributed by atoms with E-state index in [4.69, 9.17) is 5.26 Å². The Morgan fingerprint density at radius 1 is 1.50 bits per heavy atom. The summed E-state index contributed by atoms with van der Waals surface area (Å²) in [6, 6.07) is 10.0. The number of fused-ring (bicyclic) bond motifs is 1. The Morgan fingerprint density at radius 2 is 2.21 bits per heavy atom. The smallest absolute Gasteiger partial charge is 0.0907 e. The van der Waals surface area contributed by atoms with Crippen LogP contribution in [0.2, 0.25) is 0 Å². The van der Waals surface area contributed by atoms with Crippen LogP contribution >= 0.6 is 12.6 Å². The van der Waals surface area contributed by atoms with E-state index in [1.54, 1.807) is 0 Å². The van der Waals surface area contributed by atoms with Crippen molar-refractivity contribution in [1.82, 2.24) is 0 Å². The first kappa shape index (κ1) is 9.29. The molecular weight excluding hydrogens is 192 g/mol. The van der Waals surface area contributed by atoms with E-state index in [-0.39, 0.29) is 0 Å². The van der Waals surface area contributed by atoms with E-state index in [0.29, 0.717) is 6.42 Å². The number of aliphatic imine (C=N–C) groups is 1. The van der Waals surface area contributed by atoms with Crippen LogP contribution < -0.4 is 0 Å². The van der Waals surface area contributed by atoms with Crippen molar-refractivity contribution in [2.24, 2.45) is 4.99 Å². The van der Waals surface area contributed by atoms with Gasteiger partial charge < -0.3 is 0 Å². The van der Waals surface area contributed by atoms with Gasteiger partial charge in [-0.25, -0.2) is 0 Å². The van der Waals surface area contributed by atoms with Crippen molar-refractivity contribution in [2.45, 2.75) is 18.1 Å². The van der Waals surface area contributed by atoms with Crippen LogP contribution in [0.3, 0.4) is 0 Å². The van der Waals surface area contributed by atoms with Crippen molar-refractivity contribution >= 4 is 24.0 Å². The molecule has 1 aromatic carbocycles. The Morgan fingerprint density at radius 3 is 2.93 bits per heavy atom. The SMILES string of the molecule is CC1=Nc2ccccc2C1(S)CC#N. The van der Waals surface area contributed by atoms with Gasteiger partial charge in [0.1, 0.15) is 0 Å². The number of hydrogen-bond acceptors (Lipinski definition) is 3. The van der Waals surface area contributed by atoms with Gasteiger partial charge in [-0.05, 0) is 13.0 Å². The van der Waals surface area contributed by atoms with Gasteiger partial charge in [-0.1, -0.05) is 18.2 Å². The number of para-hydroxylation sites is 1. The number of benzene rings is 1. The maximum Gasteiger partial charge on any atom is 0.0907 e. The Bertz CT molecular complexity index is 445. The Labute approximate surface area is 88.7 Å². The average Bonchev–Trinajstić information content (AvgIpc) is 2.41. The van der Waals surface area contributed by atoms with Gasteiger partial charge in [0.05, 0.1) is 22.9 Å². The molecule has 0 saturated heterocycles. The first-order chi connectivity index (χ1) is 6.68. The molecule has 0 radical (unpaired) electrons. The summed E-state index contributed by atoms with van der Waals surface area (Å²) in [5.41, 5.74) is 2.89. The highest BCUT2D eigenvalue weighted by Gasteiger charge is 2.37. The van der Waals surface area contributed by atoms with Crippen LogP contribution in [-0.4, -0.2) is 5.71 Å². The van der Waals surface area contributed by atoms with E-state index in [0.717, 1.165) is 17.0 Å². The van der Waals surface area contributed by atoms with Crippen molar-refractivity contribution in [3.8, 4) is 6.07 Å². The predicted molar refractivity (Wildman–Crippen MR) is 60.1 cm³/mol. The number of nitrogens with zero attached hydrogens (tertiary/aromatic N) is 2. The van der Waals surface area contributed by atoms with Gasteiger partial charge in [0, 0.05) is 11.3 Å². The molecule has 0 N–H and O–H groups in total. The van der Waals surface area contributed by atoms with Gasteiger partial charge >= 0.3 is 0 Å². The molecule has 1 heterocycles. The normalized spacial score (nSPS) is 23.9. The molecule has 1 aliphatic rings. The van der Waals surface area contributed by atoms with Gasteiger partial charge in [0.25, 0.3) is 0 Å². The molecule has 0 spiro atoms. The zero-order valence-electron chi connectivity index (χ0n) is 7.86. The van der Waals surface area contributed by atoms with Crippen molar-refractivity contribution in [2.75, 3.05) is 0 Å². The van der Waals surface area contributed by atoms with E-state index in [2.05, 4.69) is 23.7 Å². The van der Waals surface area contributed by atoms with Gasteiger partial charge in [-0.3, -0.25) is 4.99 Å². The lowest BCUT2D eigenvalue weighted by Gasteiger charge is -2.21. The quantitative estimate of drug-likeness (QED) is 0.698. The number of nitriles is 1. The Hall–Kier alpha value is -1.27. The summed E-state index contributed by atoms with van der Waals surface area (Å²) in [5, 5.41) is 8.78. The van der Waals surface area contributed by atoms with Crippen LogP contribution in [0.1, 0.15) is 18.9 Å². The monoisotopic (exact) mass is 202 g/mol. The van der Waals surface area contributed by atoms with Gasteiger partial charge in [0.2, 0.25) is 0 Å². The number of rotatable bonds is 1. The van der Waals surface area contributed by atoms with Gasteiger partial charge in [-0.2, -0.15) is 17.9 Å². The third-order valence-corrected chi connectivity index (χ3v) is 3.29. The maximum absolute atomic E-state index is 8.78. The fourth-order valence-corrected chi connectivity index (χ4v) is 2.04. The lowest BCUT2D eigenvalue weighted by Crippen LogP contribution is -2.23. The van der Waals surface area contributed by atoms with E-state index in [9.17, 15) is 0 Å². The molecule has 0 aliphatic carbocycles. The van der Waals surface area contributed by atoms with Crippen molar-refractivity contribution in [3.05, 3.63) is 29.8 Å². The molecule has 1 atom stereocenters. The summed E-state index contributed by atoms with van der Waals surface area (Å²) in [6.07, 6.45) is 0.364. The molecule has 70 valence electrons. The summed E-state index contributed by atoms with van der Waals surface area (Å²) in [7, 11) is 0. The Kier molecular flexibility index (Phi) is 2.09. The highest BCUT2D eigenvalue weighted by molar-refractivity contribution is 7.82. The van der Waals surface area contributed by atoms with Crippen LogP contribution in [-0.2, 0) is 4.75 Å². The summed E-state index contributed by atoms with van der Waals surface area (Å²) < 4.78 is -0.481. The molecule has 2 rings (SSSR count). The minimum atomic E-state index is -0.481. The first-order valence-corrected chi connectivity index (χ1v) is 4.88. The number of hydrogen-bond donors (Lipinski definition) is 1. The minimum Gasteiger partial charge on any atom is -0.256 e. The van der Waals surface area contributed by atoms with Crippen LogP contribution in [0, 0.1) is 11.3 Å². The molecule has 0 fully saturated rings. The standard InChI is InChI=1S/C11H10N2S/c1-8-11(14,6-7-12)9-4-2-3-5-10(9)13-8/h2-5,14H,6H2,1H3. The molecular formula is C11H10N2S. The summed E-state index contributed by atoms with van der Waals surface area (Å²) in [6.45, 7) is 1.92. The molecule has 1 aromatic rings. The minimum absolute atomic E-state index is 0.364. The summed E-state index contributed by atoms with van der Waals surface area (Å²) in [4.78, 5) is 4.41. The fraction of sp³-hybridized carbons (Fsp3) is 0.273. The molecule has 0 amide bonds. The second-order valence-corrected chi connectivity index (χ2v) is 4.17.